The van der Waals surface area contributed by atoms with E-state index in [1.807, 2.05) is 0 Å². The van der Waals surface area contributed by atoms with Crippen molar-refractivity contribution in [2.45, 2.75) is 26.3 Å². The number of nitrogens with zero attached hydrogens (tertiary/aromatic N) is 1. The number of primary amides is 1. The first kappa shape index (κ1) is 16.5. The summed E-state index contributed by atoms with van der Waals surface area (Å²) in [5.74, 6) is -1.50. The molecule has 0 aromatic heterocycles. The molecule has 7 heteroatoms. The van der Waals surface area contributed by atoms with Gasteiger partial charge in [0.05, 0.1) is 6.42 Å². The van der Waals surface area contributed by atoms with Crippen LogP contribution in [0, 0.1) is 0 Å². The van der Waals surface area contributed by atoms with E-state index in [1.165, 1.54) is 17.0 Å². The Balaban J connectivity index is 2.73. The topological polar surface area (TPSA) is 113 Å². The molecule has 0 radical (unpaired) electrons. The van der Waals surface area contributed by atoms with Crippen molar-refractivity contribution in [1.82, 2.24) is 4.90 Å². The number of anilines is 1. The molecule has 0 spiro atoms. The zero-order chi connectivity index (χ0) is 16.0. The molecule has 1 rings (SSSR count). The highest BCUT2D eigenvalue weighted by Gasteiger charge is 2.20. The summed E-state index contributed by atoms with van der Waals surface area (Å²) >= 11 is 0. The molecule has 4 N–H and O–H groups in total. The highest BCUT2D eigenvalue weighted by atomic mass is 16.4. The van der Waals surface area contributed by atoms with Crippen LogP contribution < -0.4 is 11.1 Å². The fourth-order valence-electron chi connectivity index (χ4n) is 1.93. The first-order chi connectivity index (χ1) is 9.85. The van der Waals surface area contributed by atoms with Crippen molar-refractivity contribution in [2.75, 3.05) is 11.9 Å². The lowest BCUT2D eigenvalue weighted by Gasteiger charge is -2.27. The van der Waals surface area contributed by atoms with Gasteiger partial charge in [0.1, 0.15) is 0 Å². The van der Waals surface area contributed by atoms with E-state index in [9.17, 15) is 14.4 Å². The minimum atomic E-state index is -0.959. The second-order valence-corrected chi connectivity index (χ2v) is 4.60. The van der Waals surface area contributed by atoms with Crippen LogP contribution in [0.5, 0.6) is 0 Å². The number of hydrogen-bond acceptors (Lipinski definition) is 3. The van der Waals surface area contributed by atoms with Crippen LogP contribution in [0.4, 0.5) is 10.5 Å². The molecule has 1 aromatic rings. The van der Waals surface area contributed by atoms with Gasteiger partial charge in [0.25, 0.3) is 0 Å². The van der Waals surface area contributed by atoms with Gasteiger partial charge in [-0.05, 0) is 38.1 Å². The van der Waals surface area contributed by atoms with E-state index in [4.69, 9.17) is 10.8 Å². The molecule has 0 aliphatic rings. The number of carboxylic acids is 1. The number of urea groups is 1. The maximum absolute atomic E-state index is 12.1. The monoisotopic (exact) mass is 293 g/mol. The van der Waals surface area contributed by atoms with Gasteiger partial charge in [-0.25, -0.2) is 4.79 Å². The molecule has 21 heavy (non-hydrogen) atoms. The predicted octanol–water partition coefficient (Wildman–Crippen LogP) is 1.50. The lowest BCUT2D eigenvalue weighted by molar-refractivity contribution is -0.137. The van der Waals surface area contributed by atoms with Crippen molar-refractivity contribution in [2.24, 2.45) is 5.73 Å². The van der Waals surface area contributed by atoms with Crippen molar-refractivity contribution in [1.29, 1.82) is 0 Å². The number of rotatable bonds is 6. The molecule has 0 heterocycles. The van der Waals surface area contributed by atoms with Crippen molar-refractivity contribution in [3.63, 3.8) is 0 Å². The summed E-state index contributed by atoms with van der Waals surface area (Å²) in [6.45, 7) is 3.83. The molecule has 3 amide bonds. The maximum Gasteiger partial charge on any atom is 0.322 e. The summed E-state index contributed by atoms with van der Waals surface area (Å²) in [6.07, 6.45) is -0.123. The summed E-state index contributed by atoms with van der Waals surface area (Å²) in [5, 5.41) is 11.4. The van der Waals surface area contributed by atoms with Crippen LogP contribution in [0.2, 0.25) is 0 Å². The fourth-order valence-corrected chi connectivity index (χ4v) is 1.93. The first-order valence-electron chi connectivity index (χ1n) is 6.54. The molecule has 0 saturated carbocycles. The Hall–Kier alpha value is -2.57. The third-order valence-electron chi connectivity index (χ3n) is 3.02. The third-order valence-corrected chi connectivity index (χ3v) is 3.02. The summed E-state index contributed by atoms with van der Waals surface area (Å²) < 4.78 is 0. The van der Waals surface area contributed by atoms with Gasteiger partial charge in [-0.1, -0.05) is 0 Å². The van der Waals surface area contributed by atoms with E-state index in [0.717, 1.165) is 0 Å². The number of aliphatic carboxylic acids is 1. The van der Waals surface area contributed by atoms with Crippen LogP contribution in [-0.2, 0) is 4.79 Å². The molecule has 0 aliphatic heterocycles. The number of carbonyl (C=O) groups excluding carboxylic acids is 2. The average molecular weight is 293 g/mol. The van der Waals surface area contributed by atoms with Gasteiger partial charge in [0.15, 0.2) is 0 Å². The zero-order valence-corrected chi connectivity index (χ0v) is 12.0. The van der Waals surface area contributed by atoms with Crippen molar-refractivity contribution >= 4 is 23.6 Å². The standard InChI is InChI=1S/C14H19N3O4/c1-3-17(9(2)8-12(18)19)14(21)16-11-6-4-10(5-7-11)13(15)20/h4-7,9H,3,8H2,1-2H3,(H2,15,20)(H,16,21)(H,18,19). The number of benzene rings is 1. The van der Waals surface area contributed by atoms with Crippen LogP contribution >= 0.6 is 0 Å². The van der Waals surface area contributed by atoms with E-state index in [1.54, 1.807) is 26.0 Å². The van der Waals surface area contributed by atoms with Crippen molar-refractivity contribution < 1.29 is 19.5 Å². The van der Waals surface area contributed by atoms with E-state index >= 15 is 0 Å². The molecular formula is C14H19N3O4. The van der Waals surface area contributed by atoms with Crippen LogP contribution in [0.25, 0.3) is 0 Å². The summed E-state index contributed by atoms with van der Waals surface area (Å²) in [5.41, 5.74) is 5.98. The SMILES string of the molecule is CCN(C(=O)Nc1ccc(C(N)=O)cc1)C(C)CC(=O)O. The van der Waals surface area contributed by atoms with E-state index in [2.05, 4.69) is 5.32 Å². The van der Waals surface area contributed by atoms with Gasteiger partial charge in [0.2, 0.25) is 5.91 Å². The Morgan fingerprint density at radius 1 is 1.29 bits per heavy atom. The van der Waals surface area contributed by atoms with Crippen LogP contribution in [0.3, 0.4) is 0 Å². The van der Waals surface area contributed by atoms with E-state index in [0.29, 0.717) is 17.8 Å². The predicted molar refractivity (Wildman–Crippen MR) is 78.1 cm³/mol. The van der Waals surface area contributed by atoms with Crippen LogP contribution in [-0.4, -0.2) is 40.5 Å². The van der Waals surface area contributed by atoms with Gasteiger partial charge in [-0.15, -0.1) is 0 Å². The Bertz CT molecular complexity index is 528. The Labute approximate surface area is 122 Å². The number of hydrogen-bond donors (Lipinski definition) is 3. The molecule has 1 atom stereocenters. The van der Waals surface area contributed by atoms with E-state index < -0.39 is 23.9 Å². The molecular weight excluding hydrogens is 274 g/mol. The van der Waals surface area contributed by atoms with Crippen molar-refractivity contribution in [3.8, 4) is 0 Å². The highest BCUT2D eigenvalue weighted by Crippen LogP contribution is 2.12. The molecule has 7 nitrogen and oxygen atoms in total. The van der Waals surface area contributed by atoms with Gasteiger partial charge >= 0.3 is 12.0 Å². The molecule has 114 valence electrons. The Morgan fingerprint density at radius 2 is 1.86 bits per heavy atom. The number of amides is 3. The van der Waals surface area contributed by atoms with Crippen LogP contribution in [0.15, 0.2) is 24.3 Å². The highest BCUT2D eigenvalue weighted by molar-refractivity contribution is 5.94. The average Bonchev–Trinajstić information content (AvgIpc) is 2.39. The molecule has 0 aliphatic carbocycles. The second-order valence-electron chi connectivity index (χ2n) is 4.60. The Morgan fingerprint density at radius 3 is 2.29 bits per heavy atom. The lowest BCUT2D eigenvalue weighted by Crippen LogP contribution is -2.42. The molecule has 1 aromatic carbocycles. The van der Waals surface area contributed by atoms with Crippen molar-refractivity contribution in [3.05, 3.63) is 29.8 Å². The lowest BCUT2D eigenvalue weighted by atomic mass is 10.2. The minimum Gasteiger partial charge on any atom is -0.481 e. The zero-order valence-electron chi connectivity index (χ0n) is 12.0. The quantitative estimate of drug-likeness (QED) is 0.737. The Kier molecular flexibility index (Phi) is 5.71. The van der Waals surface area contributed by atoms with Gasteiger partial charge < -0.3 is 21.1 Å². The molecule has 0 fully saturated rings. The van der Waals surface area contributed by atoms with Crippen LogP contribution in [0.1, 0.15) is 30.6 Å². The third kappa shape index (κ3) is 4.79. The smallest absolute Gasteiger partial charge is 0.322 e. The largest absolute Gasteiger partial charge is 0.481 e. The molecule has 0 bridgehead atoms. The number of carbonyl (C=O) groups is 3. The normalized spacial score (nSPS) is 11.5. The number of nitrogens with one attached hydrogen (secondary N) is 1. The summed E-state index contributed by atoms with van der Waals surface area (Å²) in [6, 6.07) is 5.33. The second kappa shape index (κ2) is 7.28. The minimum absolute atomic E-state index is 0.123. The molecule has 0 saturated heterocycles. The fraction of sp³-hybridized carbons (Fsp3) is 0.357. The summed E-state index contributed by atoms with van der Waals surface area (Å²) in [7, 11) is 0. The first-order valence-corrected chi connectivity index (χ1v) is 6.54. The van der Waals surface area contributed by atoms with Gasteiger partial charge in [-0.3, -0.25) is 9.59 Å². The van der Waals surface area contributed by atoms with Gasteiger partial charge in [-0.2, -0.15) is 0 Å². The number of carboxylic acid groups (broad SMARTS) is 1. The maximum atomic E-state index is 12.1. The summed E-state index contributed by atoms with van der Waals surface area (Å²) in [4.78, 5) is 35.2. The molecule has 1 unspecified atom stereocenters. The number of nitrogens with two attached hydrogens (primary N) is 1. The van der Waals surface area contributed by atoms with Gasteiger partial charge in [0, 0.05) is 23.8 Å². The van der Waals surface area contributed by atoms with E-state index in [-0.39, 0.29) is 6.42 Å².